The number of ether oxygens (including phenoxy) is 2. The molecule has 52 heavy (non-hydrogen) atoms. The Kier molecular flexibility index (Phi) is 8.41. The number of hydrogen-bond donors (Lipinski definition) is 4. The molecule has 4 unspecified atom stereocenters. The highest BCUT2D eigenvalue weighted by Gasteiger charge is 2.67. The van der Waals surface area contributed by atoms with Gasteiger partial charge in [-0.1, -0.05) is 37.3 Å². The van der Waals surface area contributed by atoms with Gasteiger partial charge in [-0.3, -0.25) is 19.4 Å². The Balaban J connectivity index is 1.32. The van der Waals surface area contributed by atoms with Gasteiger partial charge in [-0.15, -0.1) is 0 Å². The third-order valence-electron chi connectivity index (χ3n) is 9.82. The van der Waals surface area contributed by atoms with Crippen LogP contribution >= 0.6 is 0 Å². The van der Waals surface area contributed by atoms with Crippen LogP contribution in [0, 0.1) is 5.92 Å². The third kappa shape index (κ3) is 5.58. The van der Waals surface area contributed by atoms with E-state index in [0.717, 1.165) is 0 Å². The number of aliphatic hydroxyl groups is 2. The fourth-order valence-electron chi connectivity index (χ4n) is 7.16. The number of carbonyl (C=O) groups is 3. The number of alkyl halides is 3. The number of rotatable bonds is 6. The summed E-state index contributed by atoms with van der Waals surface area (Å²) in [6.45, 7) is 2.62. The van der Waals surface area contributed by atoms with Crippen molar-refractivity contribution < 1.29 is 47.2 Å². The molecule has 0 aliphatic carbocycles. The zero-order valence-electron chi connectivity index (χ0n) is 27.8. The van der Waals surface area contributed by atoms with Crippen molar-refractivity contribution in [3.8, 4) is 11.4 Å². The first-order valence-electron chi connectivity index (χ1n) is 16.4. The SMILES string of the molecule is CCOC(=O)C1C(c2cccc(N=Cc3c4c(nc5ccccc35)-c3cc5c(c(=O)n3C4)COC(=O)CC5(O)CC)c2)NC(=O)NC1(O)C(F)(F)F. The molecule has 2 aromatic carbocycles. The van der Waals surface area contributed by atoms with Gasteiger partial charge in [0.1, 0.15) is 18.1 Å². The molecule has 4 N–H and O–H groups in total. The van der Waals surface area contributed by atoms with Crippen LogP contribution in [0.4, 0.5) is 23.7 Å². The molecule has 270 valence electrons. The number of pyridine rings is 2. The highest BCUT2D eigenvalue weighted by molar-refractivity contribution is 6.03. The molecule has 3 aliphatic rings. The standard InChI is InChI=1S/C36H32F3N5O8/c1-3-34(49)14-27(45)52-17-23-24(34)13-26-30-22(16-44(26)31(23)46)21(20-10-5-6-11-25(20)41-30)15-40-19-9-7-8-18(12-19)29-28(32(47)51-4-2)35(50,36(37,38)39)43-33(48)42-29/h5-13,15,28-29,49-50H,3-4,14,16-17H2,1-2H3,(H2,42,43,48). The number of carbonyl (C=O) groups excluding carboxylic acids is 3. The lowest BCUT2D eigenvalue weighted by Crippen LogP contribution is -2.73. The summed E-state index contributed by atoms with van der Waals surface area (Å²) in [5.74, 6) is -4.31. The quantitative estimate of drug-likeness (QED) is 0.149. The summed E-state index contributed by atoms with van der Waals surface area (Å²) in [6.07, 6.45) is -4.06. The number of nitrogens with one attached hydrogen (secondary N) is 2. The molecule has 7 rings (SSSR count). The number of benzene rings is 2. The smallest absolute Gasteiger partial charge is 0.437 e. The summed E-state index contributed by atoms with van der Waals surface area (Å²) < 4.78 is 54.2. The van der Waals surface area contributed by atoms with Gasteiger partial charge in [0.15, 0.2) is 0 Å². The number of cyclic esters (lactones) is 1. The first-order chi connectivity index (χ1) is 24.7. The fourth-order valence-corrected chi connectivity index (χ4v) is 7.16. The Bertz CT molecular complexity index is 2260. The maximum absolute atomic E-state index is 14.2. The van der Waals surface area contributed by atoms with Crippen molar-refractivity contribution >= 4 is 40.8 Å². The second-order valence-electron chi connectivity index (χ2n) is 12.8. The number of amides is 2. The molecular formula is C36H32F3N5O8. The maximum atomic E-state index is 14.2. The monoisotopic (exact) mass is 719 g/mol. The van der Waals surface area contributed by atoms with Crippen LogP contribution in [0.1, 0.15) is 60.5 Å². The summed E-state index contributed by atoms with van der Waals surface area (Å²) in [4.78, 5) is 61.0. The average Bonchev–Trinajstić information content (AvgIpc) is 3.41. The number of nitrogens with zero attached hydrogens (tertiary/aromatic N) is 3. The van der Waals surface area contributed by atoms with E-state index in [1.54, 1.807) is 37.3 Å². The van der Waals surface area contributed by atoms with E-state index in [4.69, 9.17) is 14.5 Å². The molecular weight excluding hydrogens is 687 g/mol. The Morgan fingerprint density at radius 3 is 2.62 bits per heavy atom. The number of para-hydroxylation sites is 1. The Hall–Kier alpha value is -5.61. The van der Waals surface area contributed by atoms with Crippen molar-refractivity contribution in [2.75, 3.05) is 6.61 Å². The second kappa shape index (κ2) is 12.6. The number of aromatic nitrogens is 2. The summed E-state index contributed by atoms with van der Waals surface area (Å²) in [7, 11) is 0. The molecule has 1 fully saturated rings. The summed E-state index contributed by atoms with van der Waals surface area (Å²) >= 11 is 0. The molecule has 1 saturated heterocycles. The van der Waals surface area contributed by atoms with E-state index in [2.05, 4.69) is 10.3 Å². The zero-order valence-corrected chi connectivity index (χ0v) is 27.8. The summed E-state index contributed by atoms with van der Waals surface area (Å²) in [5.41, 5.74) is -2.55. The molecule has 4 aromatic rings. The molecule has 13 nitrogen and oxygen atoms in total. The van der Waals surface area contributed by atoms with Crippen molar-refractivity contribution in [2.45, 2.75) is 63.4 Å². The third-order valence-corrected chi connectivity index (χ3v) is 9.82. The number of fused-ring (bicyclic) bond motifs is 5. The van der Waals surface area contributed by atoms with Crippen molar-refractivity contribution in [2.24, 2.45) is 10.9 Å². The normalized spacial score (nSPS) is 24.0. The Labute approximate surface area is 293 Å². The van der Waals surface area contributed by atoms with Crippen LogP contribution < -0.4 is 16.2 Å². The van der Waals surface area contributed by atoms with Gasteiger partial charge in [-0.2, -0.15) is 13.2 Å². The number of esters is 2. The zero-order chi connectivity index (χ0) is 37.2. The molecule has 3 aliphatic heterocycles. The second-order valence-corrected chi connectivity index (χ2v) is 12.8. The lowest BCUT2D eigenvalue weighted by Gasteiger charge is -2.44. The van der Waals surface area contributed by atoms with Gasteiger partial charge in [0.2, 0.25) is 0 Å². The lowest BCUT2D eigenvalue weighted by molar-refractivity contribution is -0.294. The van der Waals surface area contributed by atoms with Crippen LogP contribution in [0.2, 0.25) is 0 Å². The van der Waals surface area contributed by atoms with Gasteiger partial charge in [0, 0.05) is 22.7 Å². The molecule has 2 aromatic heterocycles. The van der Waals surface area contributed by atoms with E-state index in [-0.39, 0.29) is 49.4 Å². The molecule has 0 bridgehead atoms. The van der Waals surface area contributed by atoms with Crippen molar-refractivity contribution in [3.63, 3.8) is 0 Å². The van der Waals surface area contributed by atoms with Gasteiger partial charge in [-0.25, -0.2) is 9.78 Å². The van der Waals surface area contributed by atoms with Crippen LogP contribution in [0.3, 0.4) is 0 Å². The van der Waals surface area contributed by atoms with Crippen LogP contribution in [-0.2, 0) is 37.8 Å². The van der Waals surface area contributed by atoms with Crippen LogP contribution in [0.25, 0.3) is 22.3 Å². The molecule has 5 heterocycles. The van der Waals surface area contributed by atoms with Crippen LogP contribution in [-0.4, -0.2) is 62.5 Å². The van der Waals surface area contributed by atoms with Crippen LogP contribution in [0.15, 0.2) is 64.4 Å². The van der Waals surface area contributed by atoms with Gasteiger partial charge < -0.3 is 34.9 Å². The first-order valence-corrected chi connectivity index (χ1v) is 16.4. The lowest BCUT2D eigenvalue weighted by atomic mass is 9.82. The van der Waals surface area contributed by atoms with E-state index in [1.807, 2.05) is 6.07 Å². The molecule has 0 radical (unpaired) electrons. The van der Waals surface area contributed by atoms with E-state index < -0.39 is 53.0 Å². The van der Waals surface area contributed by atoms with Gasteiger partial charge in [0.05, 0.1) is 53.8 Å². The van der Waals surface area contributed by atoms with Crippen molar-refractivity contribution in [1.82, 2.24) is 20.2 Å². The molecule has 16 heteroatoms. The van der Waals surface area contributed by atoms with Crippen LogP contribution in [0.5, 0.6) is 0 Å². The maximum Gasteiger partial charge on any atom is 0.437 e. The predicted molar refractivity (Wildman–Crippen MR) is 178 cm³/mol. The average molecular weight is 720 g/mol. The van der Waals surface area contributed by atoms with Gasteiger partial charge in [-0.05, 0) is 48.7 Å². The van der Waals surface area contributed by atoms with Crippen molar-refractivity contribution in [3.05, 3.63) is 92.8 Å². The van der Waals surface area contributed by atoms with Gasteiger partial charge >= 0.3 is 24.1 Å². The topological polar surface area (TPSA) is 181 Å². The fraction of sp³-hybridized carbons (Fsp3) is 0.333. The number of urea groups is 1. The number of hydrogen-bond acceptors (Lipinski definition) is 10. The number of halogens is 3. The Morgan fingerprint density at radius 2 is 1.88 bits per heavy atom. The first kappa shape index (κ1) is 34.8. The minimum Gasteiger partial charge on any atom is -0.466 e. The molecule has 2 amide bonds. The molecule has 0 spiro atoms. The largest absolute Gasteiger partial charge is 0.466 e. The summed E-state index contributed by atoms with van der Waals surface area (Å²) in [6, 6.07) is 11.7. The van der Waals surface area contributed by atoms with E-state index >= 15 is 0 Å². The van der Waals surface area contributed by atoms with E-state index in [1.165, 1.54) is 41.2 Å². The molecule has 0 saturated carbocycles. The van der Waals surface area contributed by atoms with E-state index in [9.17, 15) is 42.6 Å². The highest BCUT2D eigenvalue weighted by atomic mass is 19.4. The van der Waals surface area contributed by atoms with Crippen molar-refractivity contribution in [1.29, 1.82) is 0 Å². The summed E-state index contributed by atoms with van der Waals surface area (Å²) in [5, 5.41) is 26.7. The molecule has 4 atom stereocenters. The minimum absolute atomic E-state index is 0.0413. The minimum atomic E-state index is -5.43. The number of aliphatic imine (C=N–C) groups is 1. The van der Waals surface area contributed by atoms with E-state index in [0.29, 0.717) is 39.0 Å². The highest BCUT2D eigenvalue weighted by Crippen LogP contribution is 2.44. The Morgan fingerprint density at radius 1 is 1.12 bits per heavy atom. The predicted octanol–water partition coefficient (Wildman–Crippen LogP) is 4.00. The van der Waals surface area contributed by atoms with Gasteiger partial charge in [0.25, 0.3) is 11.3 Å².